The number of nitrogens with zero attached hydrogens (tertiary/aromatic N) is 1. The fourth-order valence-electron chi connectivity index (χ4n) is 2.76. The first-order valence-corrected chi connectivity index (χ1v) is 7.45. The minimum Gasteiger partial charge on any atom is -0.504 e. The number of hydrogen-bond acceptors (Lipinski definition) is 4. The molecule has 20 heavy (non-hydrogen) atoms. The quantitative estimate of drug-likeness (QED) is 0.783. The maximum Gasteiger partial charge on any atom is 0.162 e. The zero-order valence-electron chi connectivity index (χ0n) is 12.6. The predicted molar refractivity (Wildman–Crippen MR) is 81.2 cm³/mol. The van der Waals surface area contributed by atoms with Gasteiger partial charge in [0.25, 0.3) is 0 Å². The van der Waals surface area contributed by atoms with E-state index in [1.807, 2.05) is 12.1 Å². The van der Waals surface area contributed by atoms with Gasteiger partial charge in [0.1, 0.15) is 0 Å². The summed E-state index contributed by atoms with van der Waals surface area (Å²) in [4.78, 5) is 2.40. The number of phenolic OH excluding ortho intramolecular Hbond substituents is 1. The summed E-state index contributed by atoms with van der Waals surface area (Å²) in [5.74, 6) is 1.64. The van der Waals surface area contributed by atoms with Crippen molar-refractivity contribution in [3.05, 3.63) is 23.8 Å². The molecule has 4 nitrogen and oxygen atoms in total. The molecule has 4 heteroatoms. The summed E-state index contributed by atoms with van der Waals surface area (Å²) in [5.41, 5.74) is 0.896. The molecular formula is C16H26N2O2. The van der Waals surface area contributed by atoms with E-state index in [2.05, 4.69) is 17.3 Å². The SMILES string of the molecule is COc1cccc(CNCCC2CCN(C)CC2)c1O. The van der Waals surface area contributed by atoms with E-state index >= 15 is 0 Å². The topological polar surface area (TPSA) is 44.7 Å². The van der Waals surface area contributed by atoms with E-state index < -0.39 is 0 Å². The Morgan fingerprint density at radius 3 is 2.80 bits per heavy atom. The average molecular weight is 278 g/mol. The fourth-order valence-corrected chi connectivity index (χ4v) is 2.76. The summed E-state index contributed by atoms with van der Waals surface area (Å²) in [6, 6.07) is 5.62. The number of benzene rings is 1. The second-order valence-electron chi connectivity index (χ2n) is 5.68. The van der Waals surface area contributed by atoms with Gasteiger partial charge >= 0.3 is 0 Å². The molecule has 1 aromatic rings. The lowest BCUT2D eigenvalue weighted by Gasteiger charge is -2.28. The third-order valence-electron chi connectivity index (χ3n) is 4.19. The van der Waals surface area contributed by atoms with Gasteiger partial charge in [-0.2, -0.15) is 0 Å². The Morgan fingerprint density at radius 2 is 2.10 bits per heavy atom. The van der Waals surface area contributed by atoms with Crippen molar-refractivity contribution in [2.24, 2.45) is 5.92 Å². The Balaban J connectivity index is 1.71. The predicted octanol–water partition coefficient (Wildman–Crippen LogP) is 2.22. The van der Waals surface area contributed by atoms with Gasteiger partial charge in [-0.25, -0.2) is 0 Å². The molecule has 1 heterocycles. The summed E-state index contributed by atoms with van der Waals surface area (Å²) in [5, 5.41) is 13.4. The molecule has 0 aliphatic carbocycles. The zero-order chi connectivity index (χ0) is 14.4. The molecule has 0 bridgehead atoms. The number of methoxy groups -OCH3 is 1. The van der Waals surface area contributed by atoms with E-state index in [9.17, 15) is 5.11 Å². The van der Waals surface area contributed by atoms with Gasteiger partial charge in [-0.1, -0.05) is 12.1 Å². The number of phenols is 1. The summed E-state index contributed by atoms with van der Waals surface area (Å²) in [7, 11) is 3.77. The molecule has 0 aromatic heterocycles. The molecule has 0 atom stereocenters. The number of hydrogen-bond donors (Lipinski definition) is 2. The molecule has 2 rings (SSSR count). The average Bonchev–Trinajstić information content (AvgIpc) is 2.47. The molecule has 2 N–H and O–H groups in total. The van der Waals surface area contributed by atoms with Gasteiger partial charge in [0, 0.05) is 12.1 Å². The summed E-state index contributed by atoms with van der Waals surface area (Å²) in [6.45, 7) is 4.14. The molecule has 112 valence electrons. The van der Waals surface area contributed by atoms with Crippen LogP contribution >= 0.6 is 0 Å². The van der Waals surface area contributed by atoms with Crippen molar-refractivity contribution in [2.45, 2.75) is 25.8 Å². The maximum atomic E-state index is 10.00. The van der Waals surface area contributed by atoms with Crippen molar-refractivity contribution in [2.75, 3.05) is 33.8 Å². The Morgan fingerprint density at radius 1 is 1.35 bits per heavy atom. The summed E-state index contributed by atoms with van der Waals surface area (Å²) >= 11 is 0. The first-order chi connectivity index (χ1) is 9.70. The molecule has 1 aromatic carbocycles. The molecular weight excluding hydrogens is 252 g/mol. The van der Waals surface area contributed by atoms with Gasteiger partial charge in [0.2, 0.25) is 0 Å². The van der Waals surface area contributed by atoms with Crippen LogP contribution in [0.3, 0.4) is 0 Å². The molecule has 1 saturated heterocycles. The molecule has 0 saturated carbocycles. The van der Waals surface area contributed by atoms with Crippen molar-refractivity contribution in [3.63, 3.8) is 0 Å². The van der Waals surface area contributed by atoms with Gasteiger partial charge in [0.05, 0.1) is 7.11 Å². The standard InChI is InChI=1S/C16H26N2O2/c1-18-10-7-13(8-11-18)6-9-17-12-14-4-3-5-15(20-2)16(14)19/h3-5,13,17,19H,6-12H2,1-2H3. The van der Waals surface area contributed by atoms with Crippen LogP contribution in [0.2, 0.25) is 0 Å². The molecule has 1 aliphatic heterocycles. The number of ether oxygens (including phenoxy) is 1. The Bertz CT molecular complexity index is 415. The van der Waals surface area contributed by atoms with Crippen LogP contribution in [-0.4, -0.2) is 43.8 Å². The van der Waals surface area contributed by atoms with E-state index in [4.69, 9.17) is 4.74 Å². The number of para-hydroxylation sites is 1. The third-order valence-corrected chi connectivity index (χ3v) is 4.19. The number of likely N-dealkylation sites (tertiary alicyclic amines) is 1. The smallest absolute Gasteiger partial charge is 0.162 e. The molecule has 0 unspecified atom stereocenters. The van der Waals surface area contributed by atoms with Crippen molar-refractivity contribution in [3.8, 4) is 11.5 Å². The lowest BCUT2D eigenvalue weighted by molar-refractivity contribution is 0.211. The van der Waals surface area contributed by atoms with Gasteiger partial charge in [-0.3, -0.25) is 0 Å². The van der Waals surface area contributed by atoms with Gasteiger partial charge in [-0.05, 0) is 57.9 Å². The van der Waals surface area contributed by atoms with E-state index in [-0.39, 0.29) is 5.75 Å². The van der Waals surface area contributed by atoms with Crippen molar-refractivity contribution in [1.82, 2.24) is 10.2 Å². The van der Waals surface area contributed by atoms with Crippen molar-refractivity contribution in [1.29, 1.82) is 0 Å². The second kappa shape index (κ2) is 7.50. The Labute approximate surface area is 121 Å². The number of rotatable bonds is 6. The normalized spacial score (nSPS) is 17.3. The summed E-state index contributed by atoms with van der Waals surface area (Å²) < 4.78 is 5.11. The highest BCUT2D eigenvalue weighted by molar-refractivity contribution is 5.45. The van der Waals surface area contributed by atoms with Crippen LogP contribution in [0.4, 0.5) is 0 Å². The van der Waals surface area contributed by atoms with Crippen molar-refractivity contribution < 1.29 is 9.84 Å². The van der Waals surface area contributed by atoms with Crippen LogP contribution in [0, 0.1) is 5.92 Å². The van der Waals surface area contributed by atoms with Crippen LogP contribution in [0.5, 0.6) is 11.5 Å². The summed E-state index contributed by atoms with van der Waals surface area (Å²) in [6.07, 6.45) is 3.84. The van der Waals surface area contributed by atoms with Crippen LogP contribution < -0.4 is 10.1 Å². The molecule has 0 amide bonds. The molecule has 1 fully saturated rings. The highest BCUT2D eigenvalue weighted by atomic mass is 16.5. The lowest BCUT2D eigenvalue weighted by atomic mass is 9.94. The largest absolute Gasteiger partial charge is 0.504 e. The van der Waals surface area contributed by atoms with Crippen LogP contribution in [-0.2, 0) is 6.54 Å². The van der Waals surface area contributed by atoms with Gasteiger partial charge < -0.3 is 20.1 Å². The molecule has 1 aliphatic rings. The first kappa shape index (κ1) is 15.1. The minimum atomic E-state index is 0.252. The first-order valence-electron chi connectivity index (χ1n) is 7.45. The highest BCUT2D eigenvalue weighted by Crippen LogP contribution is 2.29. The van der Waals surface area contributed by atoms with Gasteiger partial charge in [-0.15, -0.1) is 0 Å². The number of piperidine rings is 1. The molecule has 0 radical (unpaired) electrons. The van der Waals surface area contributed by atoms with E-state index in [0.717, 1.165) is 18.0 Å². The third kappa shape index (κ3) is 4.12. The lowest BCUT2D eigenvalue weighted by Crippen LogP contribution is -2.31. The number of aromatic hydroxyl groups is 1. The van der Waals surface area contributed by atoms with E-state index in [1.165, 1.54) is 32.4 Å². The van der Waals surface area contributed by atoms with E-state index in [0.29, 0.717) is 12.3 Å². The zero-order valence-corrected chi connectivity index (χ0v) is 12.6. The Hall–Kier alpha value is -1.26. The van der Waals surface area contributed by atoms with Gasteiger partial charge in [0.15, 0.2) is 11.5 Å². The van der Waals surface area contributed by atoms with Crippen LogP contribution in [0.25, 0.3) is 0 Å². The Kier molecular flexibility index (Phi) is 5.68. The van der Waals surface area contributed by atoms with Crippen LogP contribution in [0.15, 0.2) is 18.2 Å². The van der Waals surface area contributed by atoms with E-state index in [1.54, 1.807) is 13.2 Å². The maximum absolute atomic E-state index is 10.00. The van der Waals surface area contributed by atoms with Crippen molar-refractivity contribution >= 4 is 0 Å². The minimum absolute atomic E-state index is 0.252. The number of nitrogens with one attached hydrogen (secondary N) is 1. The molecule has 0 spiro atoms. The highest BCUT2D eigenvalue weighted by Gasteiger charge is 2.16. The monoisotopic (exact) mass is 278 g/mol. The second-order valence-corrected chi connectivity index (χ2v) is 5.68. The fraction of sp³-hybridized carbons (Fsp3) is 0.625. The van der Waals surface area contributed by atoms with Crippen LogP contribution in [0.1, 0.15) is 24.8 Å².